The van der Waals surface area contributed by atoms with E-state index < -0.39 is 0 Å². The van der Waals surface area contributed by atoms with Gasteiger partial charge in [-0.25, -0.2) is 4.39 Å². The van der Waals surface area contributed by atoms with Gasteiger partial charge in [-0.2, -0.15) is 11.8 Å². The van der Waals surface area contributed by atoms with E-state index in [1.807, 2.05) is 23.9 Å². The fraction of sp³-hybridized carbons (Fsp3) is 0.647. The zero-order chi connectivity index (χ0) is 15.7. The van der Waals surface area contributed by atoms with Gasteiger partial charge in [0.2, 0.25) is 0 Å². The van der Waals surface area contributed by atoms with Crippen molar-refractivity contribution in [2.24, 2.45) is 0 Å². The topological polar surface area (TPSA) is 15.3 Å². The molecule has 1 N–H and O–H groups in total. The maximum absolute atomic E-state index is 14.0. The summed E-state index contributed by atoms with van der Waals surface area (Å²) in [6.07, 6.45) is 4.12. The summed E-state index contributed by atoms with van der Waals surface area (Å²) in [5, 5.41) is 3.48. The zero-order valence-corrected chi connectivity index (χ0v) is 14.5. The largest absolute Gasteiger partial charge is 0.310 e. The first-order valence-electron chi connectivity index (χ1n) is 7.77. The number of rotatable bonds is 10. The molecule has 0 saturated heterocycles. The molecule has 0 aliphatic heterocycles. The van der Waals surface area contributed by atoms with Gasteiger partial charge in [0, 0.05) is 23.4 Å². The molecule has 0 amide bonds. The molecule has 0 heterocycles. The summed E-state index contributed by atoms with van der Waals surface area (Å²) < 4.78 is 14.0. The molecule has 0 aliphatic rings. The molecule has 1 aromatic carbocycles. The maximum atomic E-state index is 14.0. The van der Waals surface area contributed by atoms with Crippen molar-refractivity contribution in [2.75, 3.05) is 32.1 Å². The van der Waals surface area contributed by atoms with E-state index in [0.29, 0.717) is 6.04 Å². The first-order valence-corrected chi connectivity index (χ1v) is 9.16. The van der Waals surface area contributed by atoms with E-state index >= 15 is 0 Å². The van der Waals surface area contributed by atoms with Crippen LogP contribution < -0.4 is 5.32 Å². The number of hydrogen-bond acceptors (Lipinski definition) is 3. The van der Waals surface area contributed by atoms with Gasteiger partial charge in [0.1, 0.15) is 5.82 Å². The molecule has 4 heteroatoms. The predicted molar refractivity (Wildman–Crippen MR) is 92.5 cm³/mol. The Bertz CT molecular complexity index is 400. The molecule has 0 aliphatic carbocycles. The van der Waals surface area contributed by atoms with Gasteiger partial charge in [0.25, 0.3) is 0 Å². The summed E-state index contributed by atoms with van der Waals surface area (Å²) in [6.45, 7) is 6.27. The van der Waals surface area contributed by atoms with Crippen molar-refractivity contribution in [2.45, 2.75) is 38.8 Å². The van der Waals surface area contributed by atoms with Crippen molar-refractivity contribution in [3.8, 4) is 0 Å². The van der Waals surface area contributed by atoms with Crippen molar-refractivity contribution in [3.63, 3.8) is 0 Å². The molecule has 0 radical (unpaired) electrons. The van der Waals surface area contributed by atoms with Crippen molar-refractivity contribution in [1.29, 1.82) is 0 Å². The van der Waals surface area contributed by atoms with Gasteiger partial charge < -0.3 is 10.2 Å². The zero-order valence-electron chi connectivity index (χ0n) is 13.7. The molecule has 0 bridgehead atoms. The summed E-state index contributed by atoms with van der Waals surface area (Å²) in [5.41, 5.74) is 0.789. The Morgan fingerprint density at radius 3 is 2.67 bits per heavy atom. The smallest absolute Gasteiger partial charge is 0.127 e. The van der Waals surface area contributed by atoms with E-state index in [2.05, 4.69) is 37.4 Å². The Labute approximate surface area is 133 Å². The van der Waals surface area contributed by atoms with Crippen LogP contribution in [0.15, 0.2) is 24.3 Å². The lowest BCUT2D eigenvalue weighted by atomic mass is 10.0. The van der Waals surface area contributed by atoms with Gasteiger partial charge in [0.05, 0.1) is 0 Å². The van der Waals surface area contributed by atoms with Crippen LogP contribution in [-0.2, 0) is 0 Å². The van der Waals surface area contributed by atoms with Gasteiger partial charge in [-0.1, -0.05) is 25.1 Å². The predicted octanol–water partition coefficient (Wildman–Crippen LogP) is 3.94. The van der Waals surface area contributed by atoms with Crippen molar-refractivity contribution in [1.82, 2.24) is 10.2 Å². The molecule has 120 valence electrons. The Kier molecular flexibility index (Phi) is 8.97. The summed E-state index contributed by atoms with van der Waals surface area (Å²) in [7, 11) is 2.15. The highest BCUT2D eigenvalue weighted by Gasteiger charge is 2.16. The highest BCUT2D eigenvalue weighted by Crippen LogP contribution is 2.21. The second-order valence-corrected chi connectivity index (χ2v) is 6.51. The van der Waals surface area contributed by atoms with Crippen LogP contribution >= 0.6 is 11.8 Å². The van der Waals surface area contributed by atoms with Crippen LogP contribution in [0.25, 0.3) is 0 Å². The van der Waals surface area contributed by atoms with Crippen molar-refractivity contribution >= 4 is 11.8 Å². The third-order valence-electron chi connectivity index (χ3n) is 3.85. The Balaban J connectivity index is 2.64. The molecular formula is C17H29FN2S. The lowest BCUT2D eigenvalue weighted by Crippen LogP contribution is -2.34. The van der Waals surface area contributed by atoms with E-state index in [0.717, 1.165) is 37.2 Å². The maximum Gasteiger partial charge on any atom is 0.127 e. The molecule has 2 atom stereocenters. The molecule has 1 aromatic rings. The Morgan fingerprint density at radius 2 is 2.05 bits per heavy atom. The average molecular weight is 312 g/mol. The fourth-order valence-electron chi connectivity index (χ4n) is 2.37. The van der Waals surface area contributed by atoms with Gasteiger partial charge in [-0.05, 0) is 52.2 Å². The molecule has 2 nitrogen and oxygen atoms in total. The first kappa shape index (κ1) is 18.5. The lowest BCUT2D eigenvalue weighted by molar-refractivity contribution is 0.259. The molecular weight excluding hydrogens is 283 g/mol. The van der Waals surface area contributed by atoms with Gasteiger partial charge in [-0.15, -0.1) is 0 Å². The average Bonchev–Trinajstić information content (AvgIpc) is 2.48. The second-order valence-electron chi connectivity index (χ2n) is 5.60. The van der Waals surface area contributed by atoms with Gasteiger partial charge in [-0.3, -0.25) is 0 Å². The monoisotopic (exact) mass is 312 g/mol. The minimum absolute atomic E-state index is 0.0927. The van der Waals surface area contributed by atoms with Crippen molar-refractivity contribution in [3.05, 3.63) is 35.6 Å². The second kappa shape index (κ2) is 10.2. The number of thioether (sulfide) groups is 1. The number of nitrogens with one attached hydrogen (secondary N) is 1. The van der Waals surface area contributed by atoms with Crippen LogP contribution in [0.3, 0.4) is 0 Å². The summed E-state index contributed by atoms with van der Waals surface area (Å²) in [6, 6.07) is 7.76. The van der Waals surface area contributed by atoms with Crippen LogP contribution in [-0.4, -0.2) is 43.1 Å². The lowest BCUT2D eigenvalue weighted by Gasteiger charge is -2.27. The van der Waals surface area contributed by atoms with Gasteiger partial charge in [0.15, 0.2) is 0 Å². The number of benzene rings is 1. The molecule has 21 heavy (non-hydrogen) atoms. The normalized spacial score (nSPS) is 14.4. The molecule has 0 saturated carbocycles. The summed E-state index contributed by atoms with van der Waals surface area (Å²) >= 11 is 1.87. The third kappa shape index (κ3) is 6.37. The quantitative estimate of drug-likeness (QED) is 0.704. The Morgan fingerprint density at radius 1 is 1.33 bits per heavy atom. The van der Waals surface area contributed by atoms with Crippen LogP contribution in [0, 0.1) is 5.82 Å². The van der Waals surface area contributed by atoms with E-state index in [1.165, 1.54) is 0 Å². The Hall–Kier alpha value is -0.580. The summed E-state index contributed by atoms with van der Waals surface area (Å²) in [4.78, 5) is 2.36. The fourth-order valence-corrected chi connectivity index (χ4v) is 3.10. The van der Waals surface area contributed by atoms with E-state index in [4.69, 9.17) is 0 Å². The molecule has 0 aromatic heterocycles. The van der Waals surface area contributed by atoms with Gasteiger partial charge >= 0.3 is 0 Å². The van der Waals surface area contributed by atoms with Crippen LogP contribution in [0.1, 0.15) is 38.3 Å². The first-order chi connectivity index (χ1) is 10.1. The number of nitrogens with zero attached hydrogens (tertiary/aromatic N) is 1. The number of hydrogen-bond donors (Lipinski definition) is 1. The summed E-state index contributed by atoms with van der Waals surface area (Å²) in [5.74, 6) is 1.02. The number of halogens is 1. The minimum Gasteiger partial charge on any atom is -0.310 e. The SMILES string of the molecule is CCCNC(CCN(C)C(C)CSC)c1ccccc1F. The van der Waals surface area contributed by atoms with Crippen LogP contribution in [0.2, 0.25) is 0 Å². The van der Waals surface area contributed by atoms with Crippen molar-refractivity contribution < 1.29 is 4.39 Å². The van der Waals surface area contributed by atoms with Crippen LogP contribution in [0.4, 0.5) is 4.39 Å². The van der Waals surface area contributed by atoms with E-state index in [1.54, 1.807) is 12.1 Å². The van der Waals surface area contributed by atoms with Crippen LogP contribution in [0.5, 0.6) is 0 Å². The highest BCUT2D eigenvalue weighted by atomic mass is 32.2. The minimum atomic E-state index is -0.106. The molecule has 0 spiro atoms. The van der Waals surface area contributed by atoms with E-state index in [9.17, 15) is 4.39 Å². The molecule has 2 unspecified atom stereocenters. The molecule has 0 fully saturated rings. The highest BCUT2D eigenvalue weighted by molar-refractivity contribution is 7.98. The standard InChI is InChI=1S/C17H29FN2S/c1-5-11-19-17(15-8-6-7-9-16(15)18)10-12-20(3)14(2)13-21-4/h6-9,14,17,19H,5,10-13H2,1-4H3. The molecule has 1 rings (SSSR count). The van der Waals surface area contributed by atoms with E-state index in [-0.39, 0.29) is 11.9 Å². The third-order valence-corrected chi connectivity index (χ3v) is 4.67.